The van der Waals surface area contributed by atoms with E-state index in [1.165, 1.54) is 61.6 Å². The van der Waals surface area contributed by atoms with Crippen LogP contribution in [-0.2, 0) is 80.0 Å². The second-order valence-electron chi connectivity index (χ2n) is 33.9. The fraction of sp³-hybridized carbons (Fsp3) is 0.252. The Hall–Kier alpha value is -14.1. The van der Waals surface area contributed by atoms with Crippen molar-refractivity contribution in [2.45, 2.75) is 130 Å². The van der Waals surface area contributed by atoms with Gasteiger partial charge < -0.3 is 49.7 Å². The summed E-state index contributed by atoms with van der Waals surface area (Å²) in [5, 5.41) is 39.6. The van der Waals surface area contributed by atoms with Crippen LogP contribution in [0.15, 0.2) is 256 Å². The van der Waals surface area contributed by atoms with Crippen LogP contribution in [0.5, 0.6) is 0 Å². The minimum atomic E-state index is -0.558. The van der Waals surface area contributed by atoms with E-state index in [9.17, 15) is 28.8 Å². The van der Waals surface area contributed by atoms with E-state index in [2.05, 4.69) is 199 Å². The Labute approximate surface area is 822 Å². The fourth-order valence-corrected chi connectivity index (χ4v) is 19.0. The Kier molecular flexibility index (Phi) is 34.8. The number of carbonyl (C=O) groups excluding carboxylic acids is 6. The van der Waals surface area contributed by atoms with E-state index in [1.54, 1.807) is 54.8 Å². The third kappa shape index (κ3) is 30.0. The maximum Gasteiger partial charge on any atom is 0.407 e. The molecular formula is C103H103ClN18O11S5. The number of nitrogens with one attached hydrogen (secondary N) is 5. The number of fused-ring (bicyclic) bond motifs is 5. The molecule has 10 aromatic carbocycles. The van der Waals surface area contributed by atoms with Gasteiger partial charge in [0.25, 0.3) is 0 Å². The van der Waals surface area contributed by atoms with Crippen LogP contribution in [-0.4, -0.2) is 135 Å². The largest absolute Gasteiger partial charge is 0.444 e. The Morgan fingerprint density at radius 2 is 0.659 bits per heavy atom. The number of amides is 5. The summed E-state index contributed by atoms with van der Waals surface area (Å²) in [5.74, 6) is 8.13. The number of hydrogen-bond donors (Lipinski definition) is 7. The van der Waals surface area contributed by atoms with Crippen LogP contribution in [0, 0.1) is 5.92 Å². The Balaban J connectivity index is 0.000000139. The third-order valence-electron chi connectivity index (χ3n) is 20.7. The van der Waals surface area contributed by atoms with Crippen LogP contribution in [0.1, 0.15) is 128 Å². The number of Topliss-reactive ketones (excluding diaryl/α,β-unsaturated/α-hetero) is 1. The second-order valence-corrected chi connectivity index (χ2v) is 39.5. The van der Waals surface area contributed by atoms with E-state index in [4.69, 9.17) is 39.3 Å². The van der Waals surface area contributed by atoms with Crippen molar-refractivity contribution >= 4 is 156 Å². The van der Waals surface area contributed by atoms with Gasteiger partial charge in [0.2, 0.25) is 53.1 Å². The second kappa shape index (κ2) is 48.1. The topological polar surface area (TPSA) is 414 Å². The van der Waals surface area contributed by atoms with Crippen molar-refractivity contribution in [2.24, 2.45) is 17.5 Å². The zero-order valence-corrected chi connectivity index (χ0v) is 81.6. The monoisotopic (exact) mass is 1960 g/mol. The number of benzene rings is 10. The molecule has 1 saturated carbocycles. The number of halogens is 1. The molecule has 1 fully saturated rings. The number of hydrogen-bond acceptors (Lipinski definition) is 29. The normalized spacial score (nSPS) is 11.7. The molecule has 35 heteroatoms. The summed E-state index contributed by atoms with van der Waals surface area (Å²) in [7, 11) is 0. The van der Waals surface area contributed by atoms with Crippen LogP contribution in [0.4, 0.5) is 9.59 Å². The number of ether oxygens (including phenoxy) is 2. The number of nitrogens with zero attached hydrogens (tertiary/aromatic N) is 11. The molecule has 138 heavy (non-hydrogen) atoms. The zero-order valence-electron chi connectivity index (χ0n) is 76.7. The minimum absolute atomic E-state index is 0. The molecule has 9 N–H and O–H groups in total. The number of ketones is 1. The molecule has 8 aromatic heterocycles. The average Bonchev–Trinajstić information content (AvgIpc) is 1.68. The van der Waals surface area contributed by atoms with E-state index >= 15 is 0 Å². The number of thiazole rings is 5. The first-order valence-electron chi connectivity index (χ1n) is 44.7. The SMILES string of the molecule is CC(C)(C)OC(=O)NCCCC(=O)CNC(=O)Cc1nc2ccc(-c3ccccc3)cc2s1.CC(C)(C)OC(=O)NCCc1nnc(Cc2nc3ccc(-c4ccccc4)cc3s2)o1.Cl.NCCc1nnc(Cc2nc3ccc(-c4ccccc4)cc3s2)o1.NNC(=O)Cc1nc2ccc(-c3ccccc3)cc2s1.O=C(NCCc1nnc(Cc2nc3ccc(-c4ccccc4)cc3s2)o1)C1CC1. The Bertz CT molecular complexity index is 7120. The Morgan fingerprint density at radius 1 is 0.362 bits per heavy atom. The average molecular weight is 1960 g/mol. The molecule has 8 heterocycles. The molecule has 1 aliphatic carbocycles. The molecule has 0 bridgehead atoms. The van der Waals surface area contributed by atoms with E-state index in [0.717, 1.165) is 101 Å². The number of nitrogens with two attached hydrogens (primary N) is 2. The molecule has 18 aromatic rings. The number of alkyl carbamates (subject to hydrolysis) is 2. The quantitative estimate of drug-likeness (QED) is 0.00951. The van der Waals surface area contributed by atoms with Gasteiger partial charge in [-0.2, -0.15) is 0 Å². The molecule has 0 aliphatic heterocycles. The standard InChI is InChI=1S/C25H29N3O4S.C23H24N4O3S.C22H20N4O2S.C18H16N4OS.C15H13N3OS.ClH/c1-25(2,3)32-24(31)26-13-7-10-19(29)16-27-22(30)15-23-28-20-12-11-18(14-21(20)33-23)17-8-5-4-6-9-17;1-23(2,3)30-22(28)24-12-11-19-26-27-20(29-19)14-21-25-17-10-9-16(13-18(17)31-21)15-7-5-4-6-8-15;27-22(15-6-7-15)23-11-10-19-25-26-20(28-19)13-21-24-17-9-8-16(12-18(17)29-21)14-4-2-1-3-5-14;19-9-8-16-21-22-17(23-16)11-18-20-14-7-6-13(10-15(14)24-18)12-4-2-1-3-5-12;16-18-14(19)9-15-17-12-7-6-11(8-13(12)20-15)10-4-2-1-3-5-10;/h4-6,8-9,11-12,14H,7,10,13,15-16H2,1-3H3,(H,26,31)(H,27,30);4-10,13H,11-12,14H2,1-3H3,(H,24,28);1-5,8-9,12,15H,6-7,10-11,13H2,(H,23,27);1-7,10H,8-9,11,19H2;1-8H,9,16H2,(H,18,19);1H. The first-order valence-corrected chi connectivity index (χ1v) is 48.8. The summed E-state index contributed by atoms with van der Waals surface area (Å²) in [4.78, 5) is 93.5. The number of carbonyl (C=O) groups is 6. The summed E-state index contributed by atoms with van der Waals surface area (Å²) in [6, 6.07) is 82.4. The maximum atomic E-state index is 12.3. The highest BCUT2D eigenvalue weighted by atomic mass is 35.5. The molecule has 0 saturated heterocycles. The molecule has 0 radical (unpaired) electrons. The van der Waals surface area contributed by atoms with Crippen LogP contribution in [0.25, 0.3) is 107 Å². The summed E-state index contributed by atoms with van der Waals surface area (Å²) in [6.07, 6.45) is 5.28. The lowest BCUT2D eigenvalue weighted by atomic mass is 10.1. The van der Waals surface area contributed by atoms with Gasteiger partial charge in [-0.25, -0.2) is 40.4 Å². The van der Waals surface area contributed by atoms with Crippen LogP contribution in [0.3, 0.4) is 0 Å². The molecule has 19 rings (SSSR count). The predicted molar refractivity (Wildman–Crippen MR) is 545 cm³/mol. The van der Waals surface area contributed by atoms with Crippen molar-refractivity contribution in [3.63, 3.8) is 0 Å². The minimum Gasteiger partial charge on any atom is -0.444 e. The van der Waals surface area contributed by atoms with Gasteiger partial charge in [0, 0.05) is 57.8 Å². The van der Waals surface area contributed by atoms with Gasteiger partial charge in [-0.15, -0.1) is 99.7 Å². The predicted octanol–water partition coefficient (Wildman–Crippen LogP) is 19.9. The summed E-state index contributed by atoms with van der Waals surface area (Å²) < 4.78 is 32.9. The number of hydrazine groups is 1. The molecule has 29 nitrogen and oxygen atoms in total. The molecule has 708 valence electrons. The lowest BCUT2D eigenvalue weighted by Crippen LogP contribution is -2.34. The van der Waals surface area contributed by atoms with Crippen LogP contribution < -0.4 is 38.3 Å². The molecule has 1 aliphatic rings. The summed E-state index contributed by atoms with van der Waals surface area (Å²) in [5.41, 5.74) is 22.9. The lowest BCUT2D eigenvalue weighted by Gasteiger charge is -2.19. The lowest BCUT2D eigenvalue weighted by molar-refractivity contribution is -0.124. The van der Waals surface area contributed by atoms with Gasteiger partial charge in [-0.3, -0.25) is 24.6 Å². The van der Waals surface area contributed by atoms with Crippen molar-refractivity contribution in [3.05, 3.63) is 303 Å². The van der Waals surface area contributed by atoms with Crippen molar-refractivity contribution in [3.8, 4) is 55.6 Å². The first-order chi connectivity index (χ1) is 66.4. The van der Waals surface area contributed by atoms with Crippen LogP contribution in [0.2, 0.25) is 0 Å². The third-order valence-corrected chi connectivity index (χ3v) is 25.7. The summed E-state index contributed by atoms with van der Waals surface area (Å²) in [6.45, 7) is 12.5. The van der Waals surface area contributed by atoms with Gasteiger partial charge >= 0.3 is 12.2 Å². The number of rotatable bonds is 30. The van der Waals surface area contributed by atoms with Gasteiger partial charge in [0.1, 0.15) is 36.2 Å². The van der Waals surface area contributed by atoms with Crippen molar-refractivity contribution in [1.29, 1.82) is 0 Å². The van der Waals surface area contributed by atoms with Crippen molar-refractivity contribution < 1.29 is 51.5 Å². The smallest absolute Gasteiger partial charge is 0.407 e. The van der Waals surface area contributed by atoms with E-state index in [1.807, 2.05) is 142 Å². The van der Waals surface area contributed by atoms with Gasteiger partial charge in [-0.1, -0.05) is 182 Å². The Morgan fingerprint density at radius 3 is 0.978 bits per heavy atom. The zero-order chi connectivity index (χ0) is 95.6. The van der Waals surface area contributed by atoms with Crippen molar-refractivity contribution in [1.82, 2.24) is 82.2 Å². The van der Waals surface area contributed by atoms with Gasteiger partial charge in [-0.05, 0) is 177 Å². The van der Waals surface area contributed by atoms with E-state index in [-0.39, 0.29) is 67.6 Å². The van der Waals surface area contributed by atoms with Crippen molar-refractivity contribution in [2.75, 3.05) is 32.7 Å². The fourth-order valence-electron chi connectivity index (χ4n) is 14.0. The number of aromatic nitrogens is 11. The molecular weight excluding hydrogens is 1860 g/mol. The highest BCUT2D eigenvalue weighted by molar-refractivity contribution is 7.20. The maximum absolute atomic E-state index is 12.3. The molecule has 0 spiro atoms. The van der Waals surface area contributed by atoms with Gasteiger partial charge in [0.15, 0.2) is 5.78 Å². The summed E-state index contributed by atoms with van der Waals surface area (Å²) >= 11 is 7.94. The van der Waals surface area contributed by atoms with Gasteiger partial charge in [0.05, 0.1) is 89.7 Å². The first kappa shape index (κ1) is 99.9. The molecule has 0 unspecified atom stereocenters. The van der Waals surface area contributed by atoms with Crippen LogP contribution >= 0.6 is 69.1 Å². The molecule has 0 atom stereocenters. The highest BCUT2D eigenvalue weighted by Gasteiger charge is 2.30. The van der Waals surface area contributed by atoms with E-state index < -0.39 is 23.4 Å². The highest BCUT2D eigenvalue weighted by Crippen LogP contribution is 2.36. The molecule has 5 amide bonds. The van der Waals surface area contributed by atoms with E-state index in [0.29, 0.717) is 111 Å².